The number of amides is 2. The van der Waals surface area contributed by atoms with Crippen molar-refractivity contribution in [3.05, 3.63) is 77.9 Å². The number of anilines is 1. The zero-order valence-electron chi connectivity index (χ0n) is 16.4. The van der Waals surface area contributed by atoms with E-state index in [2.05, 4.69) is 10.6 Å². The lowest BCUT2D eigenvalue weighted by atomic mass is 10.0. The number of hydrogen-bond acceptors (Lipinski definition) is 3. The van der Waals surface area contributed by atoms with Gasteiger partial charge in [-0.3, -0.25) is 9.59 Å². The van der Waals surface area contributed by atoms with Gasteiger partial charge in [0.1, 0.15) is 11.2 Å². The third-order valence-electron chi connectivity index (χ3n) is 4.91. The minimum atomic E-state index is -0.383. The Hall–Kier alpha value is -3.60. The summed E-state index contributed by atoms with van der Waals surface area (Å²) in [6, 6.07) is 20.8. The molecule has 0 aliphatic heterocycles. The molecule has 0 saturated carbocycles. The van der Waals surface area contributed by atoms with Crippen LogP contribution < -0.4 is 10.6 Å². The van der Waals surface area contributed by atoms with Crippen LogP contribution in [0.1, 0.15) is 30.5 Å². The van der Waals surface area contributed by atoms with E-state index in [0.717, 1.165) is 33.1 Å². The van der Waals surface area contributed by atoms with Crippen LogP contribution in [-0.2, 0) is 9.59 Å². The first-order valence-corrected chi connectivity index (χ1v) is 9.54. The molecule has 2 amide bonds. The minimum absolute atomic E-state index is 0.146. The van der Waals surface area contributed by atoms with Crippen molar-refractivity contribution in [3.8, 4) is 0 Å². The van der Waals surface area contributed by atoms with Gasteiger partial charge in [-0.25, -0.2) is 0 Å². The van der Waals surface area contributed by atoms with Gasteiger partial charge in [-0.2, -0.15) is 0 Å². The van der Waals surface area contributed by atoms with Crippen LogP contribution in [0.25, 0.3) is 21.9 Å². The van der Waals surface area contributed by atoms with Gasteiger partial charge in [-0.15, -0.1) is 0 Å². The van der Waals surface area contributed by atoms with Crippen molar-refractivity contribution in [2.75, 3.05) is 5.32 Å². The van der Waals surface area contributed by atoms with E-state index in [1.807, 2.05) is 73.7 Å². The summed E-state index contributed by atoms with van der Waals surface area (Å²) in [6.45, 7) is 3.46. The molecule has 0 spiro atoms. The average Bonchev–Trinajstić information content (AvgIpc) is 3.06. The number of nitrogens with one attached hydrogen (secondary N) is 2. The van der Waals surface area contributed by atoms with Crippen LogP contribution in [0.5, 0.6) is 0 Å². The van der Waals surface area contributed by atoms with Crippen LogP contribution in [-0.4, -0.2) is 11.8 Å². The lowest BCUT2D eigenvalue weighted by molar-refractivity contribution is -0.120. The Balaban J connectivity index is 1.54. The van der Waals surface area contributed by atoms with Crippen molar-refractivity contribution >= 4 is 39.4 Å². The van der Waals surface area contributed by atoms with Gasteiger partial charge >= 0.3 is 0 Å². The maximum absolute atomic E-state index is 12.7. The zero-order chi connectivity index (χ0) is 20.4. The predicted molar refractivity (Wildman–Crippen MR) is 115 cm³/mol. The summed E-state index contributed by atoms with van der Waals surface area (Å²) < 4.78 is 5.83. The van der Waals surface area contributed by atoms with Crippen molar-refractivity contribution in [2.45, 2.75) is 26.3 Å². The molecule has 29 heavy (non-hydrogen) atoms. The van der Waals surface area contributed by atoms with Gasteiger partial charge in [0, 0.05) is 23.4 Å². The van der Waals surface area contributed by atoms with E-state index in [4.69, 9.17) is 4.42 Å². The van der Waals surface area contributed by atoms with E-state index in [9.17, 15) is 9.59 Å². The molecule has 0 aliphatic carbocycles. The maximum Gasteiger partial charge on any atom is 0.226 e. The fourth-order valence-electron chi connectivity index (χ4n) is 3.50. The van der Waals surface area contributed by atoms with Gasteiger partial charge in [-0.05, 0) is 36.8 Å². The standard InChI is InChI=1S/C24H22N2O3/c1-15-7-9-17(10-8-15)21(25-16(2)27)14-24(28)26-18-11-12-23-20(13-18)19-5-3-4-6-22(19)29-23/h3-13,21H,14H2,1-2H3,(H,25,27)(H,26,28). The quantitative estimate of drug-likeness (QED) is 0.501. The molecule has 0 radical (unpaired) electrons. The van der Waals surface area contributed by atoms with Crippen LogP contribution in [0.3, 0.4) is 0 Å². The third kappa shape index (κ3) is 4.14. The highest BCUT2D eigenvalue weighted by atomic mass is 16.3. The topological polar surface area (TPSA) is 71.3 Å². The molecule has 0 fully saturated rings. The molecule has 3 aromatic carbocycles. The van der Waals surface area contributed by atoms with Crippen LogP contribution in [0, 0.1) is 6.92 Å². The number of carbonyl (C=O) groups excluding carboxylic acids is 2. The third-order valence-corrected chi connectivity index (χ3v) is 4.91. The molecule has 4 aromatic rings. The number of para-hydroxylation sites is 1. The molecule has 5 heteroatoms. The number of aryl methyl sites for hydroxylation is 1. The fraction of sp³-hybridized carbons (Fsp3) is 0.167. The number of rotatable bonds is 5. The second-order valence-corrected chi connectivity index (χ2v) is 7.23. The normalized spacial score (nSPS) is 12.1. The molecule has 1 aromatic heterocycles. The molecule has 4 rings (SSSR count). The van der Waals surface area contributed by atoms with Crippen molar-refractivity contribution < 1.29 is 14.0 Å². The average molecular weight is 386 g/mol. The molecule has 2 N–H and O–H groups in total. The van der Waals surface area contributed by atoms with E-state index in [-0.39, 0.29) is 24.3 Å². The molecule has 5 nitrogen and oxygen atoms in total. The SMILES string of the molecule is CC(=O)NC(CC(=O)Nc1ccc2oc3ccccc3c2c1)c1ccc(C)cc1. The van der Waals surface area contributed by atoms with Gasteiger partial charge in [-0.1, -0.05) is 48.0 Å². The first-order valence-electron chi connectivity index (χ1n) is 9.54. The van der Waals surface area contributed by atoms with E-state index in [1.54, 1.807) is 0 Å². The first-order chi connectivity index (χ1) is 14.0. The van der Waals surface area contributed by atoms with E-state index in [0.29, 0.717) is 5.69 Å². The lowest BCUT2D eigenvalue weighted by Crippen LogP contribution is -2.29. The Morgan fingerprint density at radius 3 is 2.41 bits per heavy atom. The lowest BCUT2D eigenvalue weighted by Gasteiger charge is -2.18. The number of fused-ring (bicyclic) bond motifs is 3. The molecule has 0 aliphatic rings. The smallest absolute Gasteiger partial charge is 0.226 e. The summed E-state index contributed by atoms with van der Waals surface area (Å²) in [4.78, 5) is 24.3. The van der Waals surface area contributed by atoms with Crippen LogP contribution in [0.2, 0.25) is 0 Å². The second kappa shape index (κ2) is 7.80. The summed E-state index contributed by atoms with van der Waals surface area (Å²) in [5.41, 5.74) is 4.31. The van der Waals surface area contributed by atoms with Crippen molar-refractivity contribution in [1.29, 1.82) is 0 Å². The molecule has 0 saturated heterocycles. The van der Waals surface area contributed by atoms with Crippen molar-refractivity contribution in [2.24, 2.45) is 0 Å². The van der Waals surface area contributed by atoms with E-state index < -0.39 is 0 Å². The molecule has 1 heterocycles. The highest BCUT2D eigenvalue weighted by Crippen LogP contribution is 2.30. The van der Waals surface area contributed by atoms with Crippen LogP contribution >= 0.6 is 0 Å². The van der Waals surface area contributed by atoms with Crippen molar-refractivity contribution in [3.63, 3.8) is 0 Å². The number of benzene rings is 3. The summed E-state index contributed by atoms with van der Waals surface area (Å²) in [5, 5.41) is 7.77. The largest absolute Gasteiger partial charge is 0.456 e. The Morgan fingerprint density at radius 1 is 0.931 bits per heavy atom. The Bertz CT molecular complexity index is 1190. The Labute approximate surface area is 168 Å². The summed E-state index contributed by atoms with van der Waals surface area (Å²) in [5.74, 6) is -0.342. The first kappa shape index (κ1) is 18.7. The summed E-state index contributed by atoms with van der Waals surface area (Å²) in [7, 11) is 0. The van der Waals surface area contributed by atoms with Crippen molar-refractivity contribution in [1.82, 2.24) is 5.32 Å². The van der Waals surface area contributed by atoms with E-state index >= 15 is 0 Å². The predicted octanol–water partition coefficient (Wildman–Crippen LogP) is 5.10. The number of furan rings is 1. The summed E-state index contributed by atoms with van der Waals surface area (Å²) >= 11 is 0. The minimum Gasteiger partial charge on any atom is -0.456 e. The maximum atomic E-state index is 12.7. The highest BCUT2D eigenvalue weighted by molar-refractivity contribution is 6.07. The Kier molecular flexibility index (Phi) is 5.04. The second-order valence-electron chi connectivity index (χ2n) is 7.23. The van der Waals surface area contributed by atoms with Gasteiger partial charge in [0.05, 0.1) is 12.5 Å². The molecular weight excluding hydrogens is 364 g/mol. The molecule has 0 bridgehead atoms. The highest BCUT2D eigenvalue weighted by Gasteiger charge is 2.17. The van der Waals surface area contributed by atoms with Gasteiger partial charge in [0.2, 0.25) is 11.8 Å². The molecular formula is C24H22N2O3. The van der Waals surface area contributed by atoms with Crippen LogP contribution in [0.15, 0.2) is 71.1 Å². The van der Waals surface area contributed by atoms with E-state index in [1.165, 1.54) is 6.92 Å². The van der Waals surface area contributed by atoms with Crippen LogP contribution in [0.4, 0.5) is 5.69 Å². The molecule has 1 unspecified atom stereocenters. The Morgan fingerprint density at radius 2 is 1.66 bits per heavy atom. The van der Waals surface area contributed by atoms with Gasteiger partial charge < -0.3 is 15.1 Å². The number of hydrogen-bond donors (Lipinski definition) is 2. The number of carbonyl (C=O) groups is 2. The molecule has 1 atom stereocenters. The zero-order valence-corrected chi connectivity index (χ0v) is 16.4. The fourth-order valence-corrected chi connectivity index (χ4v) is 3.50. The molecule has 146 valence electrons. The van der Waals surface area contributed by atoms with Gasteiger partial charge in [0.25, 0.3) is 0 Å². The monoisotopic (exact) mass is 386 g/mol. The summed E-state index contributed by atoms with van der Waals surface area (Å²) in [6.07, 6.45) is 0.146. The van der Waals surface area contributed by atoms with Gasteiger partial charge in [0.15, 0.2) is 0 Å².